The number of benzene rings is 1. The predicted molar refractivity (Wildman–Crippen MR) is 103 cm³/mol. The molecule has 1 aliphatic rings. The SMILES string of the molecule is Cc1ccc(OCC(=O)NC(=S)NNC(=O)C2CCCCC2)c(Br)c1. The van der Waals surface area contributed by atoms with E-state index in [9.17, 15) is 9.59 Å². The Kier molecular flexibility index (Phi) is 7.64. The van der Waals surface area contributed by atoms with Crippen molar-refractivity contribution in [2.24, 2.45) is 5.92 Å². The number of hydrogen-bond acceptors (Lipinski definition) is 4. The Balaban J connectivity index is 1.69. The molecular formula is C17H22BrN3O3S. The molecule has 1 aromatic rings. The van der Waals surface area contributed by atoms with Crippen LogP contribution in [0.3, 0.4) is 0 Å². The highest BCUT2D eigenvalue weighted by atomic mass is 79.9. The van der Waals surface area contributed by atoms with Gasteiger partial charge in [-0.25, -0.2) is 0 Å². The molecule has 8 heteroatoms. The molecule has 1 fully saturated rings. The van der Waals surface area contributed by atoms with Gasteiger partial charge in [0.1, 0.15) is 5.75 Å². The lowest BCUT2D eigenvalue weighted by atomic mass is 9.89. The first kappa shape index (κ1) is 19.7. The van der Waals surface area contributed by atoms with Gasteiger partial charge in [-0.3, -0.25) is 25.8 Å². The van der Waals surface area contributed by atoms with Crippen molar-refractivity contribution in [3.8, 4) is 5.75 Å². The fraction of sp³-hybridized carbons (Fsp3) is 0.471. The fourth-order valence-corrected chi connectivity index (χ4v) is 3.42. The average molecular weight is 428 g/mol. The summed E-state index contributed by atoms with van der Waals surface area (Å²) in [6.07, 6.45) is 5.12. The third-order valence-electron chi connectivity index (χ3n) is 3.97. The summed E-state index contributed by atoms with van der Waals surface area (Å²) in [5.74, 6) is 0.0974. The fourth-order valence-electron chi connectivity index (χ4n) is 2.65. The molecular weight excluding hydrogens is 406 g/mol. The molecule has 25 heavy (non-hydrogen) atoms. The van der Waals surface area contributed by atoms with Crippen LogP contribution < -0.4 is 20.9 Å². The maximum Gasteiger partial charge on any atom is 0.264 e. The van der Waals surface area contributed by atoms with Gasteiger partial charge >= 0.3 is 0 Å². The molecule has 0 unspecified atom stereocenters. The van der Waals surface area contributed by atoms with Crippen molar-refractivity contribution in [2.45, 2.75) is 39.0 Å². The van der Waals surface area contributed by atoms with Crippen LogP contribution in [0.2, 0.25) is 0 Å². The highest BCUT2D eigenvalue weighted by Gasteiger charge is 2.21. The Hall–Kier alpha value is -1.67. The summed E-state index contributed by atoms with van der Waals surface area (Å²) in [4.78, 5) is 23.8. The molecule has 2 rings (SSSR count). The van der Waals surface area contributed by atoms with E-state index in [0.29, 0.717) is 5.75 Å². The molecule has 2 amide bonds. The second-order valence-corrected chi connectivity index (χ2v) is 7.31. The maximum absolute atomic E-state index is 12.0. The van der Waals surface area contributed by atoms with Crippen molar-refractivity contribution in [2.75, 3.05) is 6.61 Å². The van der Waals surface area contributed by atoms with Gasteiger partial charge in [-0.15, -0.1) is 0 Å². The molecule has 0 aliphatic heterocycles. The number of carbonyl (C=O) groups excluding carboxylic acids is 2. The van der Waals surface area contributed by atoms with E-state index in [1.807, 2.05) is 19.1 Å². The number of hydrazine groups is 1. The van der Waals surface area contributed by atoms with Gasteiger partial charge in [0.05, 0.1) is 4.47 Å². The summed E-state index contributed by atoms with van der Waals surface area (Å²) in [6.45, 7) is 1.78. The molecule has 1 aliphatic carbocycles. The first-order valence-electron chi connectivity index (χ1n) is 8.24. The van der Waals surface area contributed by atoms with Crippen LogP contribution in [0.5, 0.6) is 5.75 Å². The van der Waals surface area contributed by atoms with E-state index in [0.717, 1.165) is 35.7 Å². The van der Waals surface area contributed by atoms with E-state index < -0.39 is 5.91 Å². The first-order valence-corrected chi connectivity index (χ1v) is 9.44. The molecule has 0 aromatic heterocycles. The largest absolute Gasteiger partial charge is 0.483 e. The lowest BCUT2D eigenvalue weighted by Crippen LogP contribution is -2.51. The molecule has 1 aromatic carbocycles. The summed E-state index contributed by atoms with van der Waals surface area (Å²) in [7, 11) is 0. The van der Waals surface area contributed by atoms with E-state index in [1.54, 1.807) is 6.07 Å². The smallest absolute Gasteiger partial charge is 0.264 e. The third kappa shape index (κ3) is 6.62. The van der Waals surface area contributed by atoms with Crippen molar-refractivity contribution in [3.05, 3.63) is 28.2 Å². The third-order valence-corrected chi connectivity index (χ3v) is 4.80. The van der Waals surface area contributed by atoms with E-state index in [4.69, 9.17) is 17.0 Å². The minimum atomic E-state index is -0.406. The van der Waals surface area contributed by atoms with Crippen LogP contribution in [0.25, 0.3) is 0 Å². The molecule has 3 N–H and O–H groups in total. The lowest BCUT2D eigenvalue weighted by Gasteiger charge is -2.21. The van der Waals surface area contributed by atoms with E-state index >= 15 is 0 Å². The zero-order valence-corrected chi connectivity index (χ0v) is 16.5. The molecule has 0 atom stereocenters. The molecule has 0 radical (unpaired) electrons. The molecule has 1 saturated carbocycles. The first-order chi connectivity index (χ1) is 12.0. The molecule has 0 heterocycles. The molecule has 0 bridgehead atoms. The molecule has 136 valence electrons. The van der Waals surface area contributed by atoms with Crippen LogP contribution in [0.4, 0.5) is 0 Å². The van der Waals surface area contributed by atoms with Gasteiger partial charge < -0.3 is 4.74 Å². The zero-order chi connectivity index (χ0) is 18.2. The number of carbonyl (C=O) groups is 2. The highest BCUT2D eigenvalue weighted by Crippen LogP contribution is 2.25. The van der Waals surface area contributed by atoms with Crippen molar-refractivity contribution in [1.82, 2.24) is 16.2 Å². The van der Waals surface area contributed by atoms with Crippen LogP contribution in [0.1, 0.15) is 37.7 Å². The monoisotopic (exact) mass is 427 g/mol. The minimum absolute atomic E-state index is 0.0157. The summed E-state index contributed by atoms with van der Waals surface area (Å²) in [5.41, 5.74) is 6.20. The van der Waals surface area contributed by atoms with Gasteiger partial charge in [0.25, 0.3) is 5.91 Å². The van der Waals surface area contributed by atoms with Crippen LogP contribution in [0.15, 0.2) is 22.7 Å². The molecule has 0 spiro atoms. The van der Waals surface area contributed by atoms with Crippen LogP contribution in [-0.4, -0.2) is 23.5 Å². The van der Waals surface area contributed by atoms with E-state index in [2.05, 4.69) is 32.1 Å². The van der Waals surface area contributed by atoms with E-state index in [-0.39, 0.29) is 23.5 Å². The molecule has 0 saturated heterocycles. The number of ether oxygens (including phenoxy) is 1. The van der Waals surface area contributed by atoms with Crippen molar-refractivity contribution >= 4 is 45.1 Å². The summed E-state index contributed by atoms with van der Waals surface area (Å²) in [6, 6.07) is 5.58. The van der Waals surface area contributed by atoms with Gasteiger partial charge in [0.2, 0.25) is 5.91 Å². The van der Waals surface area contributed by atoms with Crippen molar-refractivity contribution in [3.63, 3.8) is 0 Å². The van der Waals surface area contributed by atoms with Crippen molar-refractivity contribution < 1.29 is 14.3 Å². The number of thiocarbonyl (C=S) groups is 1. The second-order valence-electron chi connectivity index (χ2n) is 6.05. The number of aryl methyl sites for hydroxylation is 1. The highest BCUT2D eigenvalue weighted by molar-refractivity contribution is 9.10. The zero-order valence-electron chi connectivity index (χ0n) is 14.1. The molecule has 6 nitrogen and oxygen atoms in total. The Labute approximate surface area is 161 Å². The maximum atomic E-state index is 12.0. The average Bonchev–Trinajstić information content (AvgIpc) is 2.59. The second kappa shape index (κ2) is 9.72. The number of halogens is 1. The van der Waals surface area contributed by atoms with Crippen molar-refractivity contribution in [1.29, 1.82) is 0 Å². The van der Waals surface area contributed by atoms with Gasteiger partial charge in [-0.1, -0.05) is 25.3 Å². The van der Waals surface area contributed by atoms with Crippen LogP contribution in [0, 0.1) is 12.8 Å². The van der Waals surface area contributed by atoms with E-state index in [1.165, 1.54) is 6.42 Å². The minimum Gasteiger partial charge on any atom is -0.483 e. The normalized spacial score (nSPS) is 14.5. The van der Waals surface area contributed by atoms with Gasteiger partial charge in [-0.2, -0.15) is 0 Å². The quantitative estimate of drug-likeness (QED) is 0.508. The topological polar surface area (TPSA) is 79.5 Å². The number of rotatable bonds is 4. The van der Waals surface area contributed by atoms with Gasteiger partial charge in [0, 0.05) is 5.92 Å². The van der Waals surface area contributed by atoms with Gasteiger partial charge in [-0.05, 0) is 65.6 Å². The predicted octanol–water partition coefficient (Wildman–Crippen LogP) is 2.74. The standard InChI is InChI=1S/C17H22BrN3O3S/c1-11-7-8-14(13(18)9-11)24-10-15(22)19-17(25)21-20-16(23)12-5-3-2-4-6-12/h7-9,12H,2-6,10H2,1H3,(H,20,23)(H2,19,21,22,25). The Morgan fingerprint density at radius 1 is 1.24 bits per heavy atom. The number of amides is 2. The van der Waals surface area contributed by atoms with Crippen LogP contribution >= 0.6 is 28.1 Å². The Bertz CT molecular complexity index is 648. The van der Waals surface area contributed by atoms with Crippen LogP contribution in [-0.2, 0) is 9.59 Å². The number of hydrogen-bond donors (Lipinski definition) is 3. The summed E-state index contributed by atoms with van der Waals surface area (Å²) >= 11 is 8.39. The Morgan fingerprint density at radius 2 is 1.96 bits per heavy atom. The summed E-state index contributed by atoms with van der Waals surface area (Å²) < 4.78 is 6.22. The number of nitrogens with one attached hydrogen (secondary N) is 3. The van der Waals surface area contributed by atoms with Gasteiger partial charge in [0.15, 0.2) is 11.7 Å². The summed E-state index contributed by atoms with van der Waals surface area (Å²) in [5, 5.41) is 2.51. The Morgan fingerprint density at radius 3 is 2.64 bits per heavy atom. The lowest BCUT2D eigenvalue weighted by molar-refractivity contribution is -0.126.